The van der Waals surface area contributed by atoms with E-state index in [1.54, 1.807) is 29.3 Å². The van der Waals surface area contributed by atoms with Crippen LogP contribution in [0, 0.1) is 28.6 Å². The molecule has 1 aliphatic heterocycles. The number of carbonyl (C=O) groups excluding carboxylic acids is 4. The Labute approximate surface area is 225 Å². The predicted molar refractivity (Wildman–Crippen MR) is 142 cm³/mol. The zero-order chi connectivity index (χ0) is 27.8. The quantitative estimate of drug-likeness (QED) is 0.528. The number of methoxy groups -OCH3 is 1. The zero-order valence-electron chi connectivity index (χ0n) is 23.5. The van der Waals surface area contributed by atoms with Gasteiger partial charge in [0.1, 0.15) is 23.8 Å². The number of hydrogen-bond acceptors (Lipinski definition) is 6. The summed E-state index contributed by atoms with van der Waals surface area (Å²) in [5, 5.41) is 5.91. The van der Waals surface area contributed by atoms with Gasteiger partial charge in [-0.1, -0.05) is 59.9 Å². The number of piperidine rings is 1. The normalized spacial score (nSPS) is 26.1. The molecule has 4 rings (SSSR count). The minimum Gasteiger partial charge on any atom is -0.467 e. The number of hydrogen-bond donors (Lipinski definition) is 2. The van der Waals surface area contributed by atoms with E-state index in [0.717, 1.165) is 32.1 Å². The number of fused-ring (bicyclic) bond motifs is 1. The van der Waals surface area contributed by atoms with Crippen molar-refractivity contribution in [3.05, 3.63) is 30.1 Å². The van der Waals surface area contributed by atoms with E-state index >= 15 is 0 Å². The van der Waals surface area contributed by atoms with E-state index < -0.39 is 35.4 Å². The van der Waals surface area contributed by atoms with Crippen LogP contribution in [0.4, 0.5) is 0 Å². The van der Waals surface area contributed by atoms with Gasteiger partial charge < -0.3 is 20.3 Å². The van der Waals surface area contributed by atoms with Gasteiger partial charge in [0.15, 0.2) is 0 Å². The summed E-state index contributed by atoms with van der Waals surface area (Å²) < 4.78 is 5.08. The average Bonchev–Trinajstić information content (AvgIpc) is 3.22. The molecule has 0 spiro atoms. The molecule has 0 aromatic carbocycles. The Morgan fingerprint density at radius 2 is 1.76 bits per heavy atom. The molecule has 1 aromatic rings. The number of carbonyl (C=O) groups is 4. The molecule has 38 heavy (non-hydrogen) atoms. The van der Waals surface area contributed by atoms with Crippen molar-refractivity contribution in [1.29, 1.82) is 0 Å². The van der Waals surface area contributed by atoms with Crippen molar-refractivity contribution in [2.45, 2.75) is 84.8 Å². The summed E-state index contributed by atoms with van der Waals surface area (Å²) in [5.74, 6) is -1.27. The van der Waals surface area contributed by atoms with E-state index in [-0.39, 0.29) is 40.7 Å². The van der Waals surface area contributed by atoms with Crippen molar-refractivity contribution < 1.29 is 23.9 Å². The standard InChI is InChI=1S/C29H42N4O5/c1-28(2,3)23(26(36)33-16-18-20(29(18,4)5)22(33)27(37)38-6)32-25(35)21(17-12-8-7-9-13-17)31-24(34)19-14-10-11-15-30-19/h10-11,14-15,17-18,20-23H,7-9,12-13,16H2,1-6H3,(H,31,34)(H,32,35)/t18-,20-,21-,22-,23+/m0/s1. The minimum atomic E-state index is -0.874. The molecular formula is C29H42N4O5. The van der Waals surface area contributed by atoms with Gasteiger partial charge in [-0.3, -0.25) is 19.4 Å². The molecule has 5 atom stereocenters. The molecule has 1 saturated heterocycles. The number of ether oxygens (including phenoxy) is 1. The summed E-state index contributed by atoms with van der Waals surface area (Å²) in [6.45, 7) is 10.4. The lowest BCUT2D eigenvalue weighted by molar-refractivity contribution is -0.155. The highest BCUT2D eigenvalue weighted by atomic mass is 16.5. The highest BCUT2D eigenvalue weighted by molar-refractivity contribution is 5.98. The maximum absolute atomic E-state index is 14.0. The Morgan fingerprint density at radius 1 is 1.08 bits per heavy atom. The summed E-state index contributed by atoms with van der Waals surface area (Å²) in [5.41, 5.74) is -0.417. The minimum absolute atomic E-state index is 0.0298. The molecule has 3 fully saturated rings. The van der Waals surface area contributed by atoms with Crippen LogP contribution < -0.4 is 10.6 Å². The molecule has 3 amide bonds. The fourth-order valence-corrected chi connectivity index (χ4v) is 6.53. The molecule has 208 valence electrons. The van der Waals surface area contributed by atoms with E-state index in [0.29, 0.717) is 6.54 Å². The van der Waals surface area contributed by atoms with Crippen LogP contribution in [-0.4, -0.2) is 65.4 Å². The highest BCUT2D eigenvalue weighted by Gasteiger charge is 2.70. The van der Waals surface area contributed by atoms with Gasteiger partial charge >= 0.3 is 5.97 Å². The lowest BCUT2D eigenvalue weighted by Gasteiger charge is -2.38. The van der Waals surface area contributed by atoms with Gasteiger partial charge in [-0.25, -0.2) is 4.79 Å². The van der Waals surface area contributed by atoms with Crippen LogP contribution in [0.1, 0.15) is 77.2 Å². The number of aromatic nitrogens is 1. The summed E-state index contributed by atoms with van der Waals surface area (Å²) in [6.07, 6.45) is 6.27. The first-order chi connectivity index (χ1) is 17.9. The maximum Gasteiger partial charge on any atom is 0.328 e. The Hall–Kier alpha value is -2.97. The first-order valence-electron chi connectivity index (χ1n) is 13.8. The molecule has 3 aliphatic rings. The van der Waals surface area contributed by atoms with Gasteiger partial charge in [0.2, 0.25) is 11.8 Å². The van der Waals surface area contributed by atoms with Gasteiger partial charge in [0, 0.05) is 18.7 Å². The van der Waals surface area contributed by atoms with Gasteiger partial charge in [-0.15, -0.1) is 0 Å². The Bertz CT molecular complexity index is 1060. The van der Waals surface area contributed by atoms with Gasteiger partial charge in [-0.05, 0) is 47.6 Å². The lowest BCUT2D eigenvalue weighted by atomic mass is 9.82. The number of rotatable bonds is 7. The van der Waals surface area contributed by atoms with Crippen molar-refractivity contribution in [3.63, 3.8) is 0 Å². The second kappa shape index (κ2) is 10.7. The average molecular weight is 527 g/mol. The molecule has 1 aromatic heterocycles. The molecule has 0 radical (unpaired) electrons. The monoisotopic (exact) mass is 526 g/mol. The van der Waals surface area contributed by atoms with Crippen LogP contribution in [-0.2, 0) is 19.1 Å². The number of esters is 1. The fourth-order valence-electron chi connectivity index (χ4n) is 6.53. The molecule has 2 aliphatic carbocycles. The second-order valence-electron chi connectivity index (χ2n) is 12.8. The molecule has 2 N–H and O–H groups in total. The van der Waals surface area contributed by atoms with Crippen LogP contribution in [0.5, 0.6) is 0 Å². The summed E-state index contributed by atoms with van der Waals surface area (Å²) in [7, 11) is 1.34. The fraction of sp³-hybridized carbons (Fsp3) is 0.690. The third-order valence-corrected chi connectivity index (χ3v) is 8.92. The van der Waals surface area contributed by atoms with Crippen LogP contribution in [0.2, 0.25) is 0 Å². The summed E-state index contributed by atoms with van der Waals surface area (Å²) in [4.78, 5) is 59.3. The Kier molecular flexibility index (Phi) is 7.86. The first kappa shape index (κ1) is 28.0. The van der Waals surface area contributed by atoms with E-state index in [1.165, 1.54) is 7.11 Å². The van der Waals surface area contributed by atoms with E-state index in [9.17, 15) is 19.2 Å². The van der Waals surface area contributed by atoms with E-state index in [4.69, 9.17) is 4.74 Å². The Balaban J connectivity index is 1.56. The highest BCUT2D eigenvalue weighted by Crippen LogP contribution is 2.65. The van der Waals surface area contributed by atoms with E-state index in [1.807, 2.05) is 20.8 Å². The van der Waals surface area contributed by atoms with Crippen LogP contribution in [0.3, 0.4) is 0 Å². The zero-order valence-corrected chi connectivity index (χ0v) is 23.5. The summed E-state index contributed by atoms with van der Waals surface area (Å²) in [6, 6.07) is 2.75. The second-order valence-corrected chi connectivity index (χ2v) is 12.8. The smallest absolute Gasteiger partial charge is 0.328 e. The van der Waals surface area contributed by atoms with Crippen molar-refractivity contribution in [3.8, 4) is 0 Å². The van der Waals surface area contributed by atoms with Crippen molar-refractivity contribution in [2.75, 3.05) is 13.7 Å². The molecule has 2 saturated carbocycles. The topological polar surface area (TPSA) is 118 Å². The maximum atomic E-state index is 14.0. The molecule has 9 nitrogen and oxygen atoms in total. The van der Waals surface area contributed by atoms with Crippen LogP contribution in [0.15, 0.2) is 24.4 Å². The number of likely N-dealkylation sites (tertiary alicyclic amines) is 1. The molecular weight excluding hydrogens is 484 g/mol. The van der Waals surface area contributed by atoms with Crippen molar-refractivity contribution in [1.82, 2.24) is 20.5 Å². The van der Waals surface area contributed by atoms with Gasteiger partial charge in [0.25, 0.3) is 5.91 Å². The number of nitrogens with one attached hydrogen (secondary N) is 2. The van der Waals surface area contributed by atoms with Gasteiger partial charge in [-0.2, -0.15) is 0 Å². The van der Waals surface area contributed by atoms with Crippen molar-refractivity contribution >= 4 is 23.7 Å². The number of pyridine rings is 1. The molecule has 9 heteroatoms. The predicted octanol–water partition coefficient (Wildman–Crippen LogP) is 2.95. The number of nitrogens with zero attached hydrogens (tertiary/aromatic N) is 2. The SMILES string of the molecule is COC(=O)[C@@H]1[C@@H]2[C@H](CN1C(=O)[C@@H](NC(=O)[C@@H](NC(=O)c1ccccn1)C1CCCCC1)C(C)(C)C)C2(C)C. The third kappa shape index (κ3) is 5.43. The van der Waals surface area contributed by atoms with Gasteiger partial charge in [0.05, 0.1) is 7.11 Å². The van der Waals surface area contributed by atoms with Crippen molar-refractivity contribution in [2.24, 2.45) is 28.6 Å². The lowest BCUT2D eigenvalue weighted by Crippen LogP contribution is -2.61. The number of amides is 3. The molecule has 0 unspecified atom stereocenters. The van der Waals surface area contributed by atoms with E-state index in [2.05, 4.69) is 29.5 Å². The summed E-state index contributed by atoms with van der Waals surface area (Å²) >= 11 is 0. The molecule has 0 bridgehead atoms. The van der Waals surface area contributed by atoms with Crippen LogP contribution >= 0.6 is 0 Å². The largest absolute Gasteiger partial charge is 0.467 e. The Morgan fingerprint density at radius 3 is 2.34 bits per heavy atom. The molecule has 2 heterocycles. The third-order valence-electron chi connectivity index (χ3n) is 8.92. The first-order valence-corrected chi connectivity index (χ1v) is 13.8. The van der Waals surface area contributed by atoms with Crippen LogP contribution in [0.25, 0.3) is 0 Å².